The molecule has 0 bridgehead atoms. The first-order chi connectivity index (χ1) is 14.8. The number of fused-ring (bicyclic) bond motifs is 1. The fourth-order valence-electron chi connectivity index (χ4n) is 3.56. The number of hydrogen-bond acceptors (Lipinski definition) is 7. The highest BCUT2D eigenvalue weighted by atomic mass is 32.2. The first-order valence-electron chi connectivity index (χ1n) is 9.98. The fourth-order valence-corrected chi connectivity index (χ4v) is 5.48. The number of sulfonamides is 1. The molecule has 4 rings (SSSR count). The van der Waals surface area contributed by atoms with E-state index >= 15 is 0 Å². The summed E-state index contributed by atoms with van der Waals surface area (Å²) in [4.78, 5) is 32.5. The van der Waals surface area contributed by atoms with Crippen LogP contribution in [-0.4, -0.2) is 67.8 Å². The summed E-state index contributed by atoms with van der Waals surface area (Å²) < 4.78 is 30.9. The van der Waals surface area contributed by atoms with Crippen LogP contribution in [0.2, 0.25) is 0 Å². The number of ether oxygens (including phenoxy) is 1. The van der Waals surface area contributed by atoms with E-state index in [1.54, 1.807) is 4.90 Å². The second-order valence-electron chi connectivity index (χ2n) is 7.67. The van der Waals surface area contributed by atoms with Gasteiger partial charge in [-0.15, -0.1) is 0 Å². The number of carbonyl (C=O) groups is 2. The average molecular weight is 465 g/mol. The average Bonchev–Trinajstić information content (AvgIpc) is 3.42. The smallest absolute Gasteiger partial charge is 0.255 e. The van der Waals surface area contributed by atoms with Crippen LogP contribution in [0, 0.1) is 0 Å². The van der Waals surface area contributed by atoms with E-state index < -0.39 is 16.1 Å². The summed E-state index contributed by atoms with van der Waals surface area (Å²) in [6, 6.07) is 5.97. The van der Waals surface area contributed by atoms with Crippen molar-refractivity contribution in [1.82, 2.24) is 14.2 Å². The number of hydrogen-bond donors (Lipinski definition) is 1. The topological polar surface area (TPSA) is 109 Å². The summed E-state index contributed by atoms with van der Waals surface area (Å²) in [7, 11) is -0.610. The molecule has 1 atom stereocenters. The second-order valence-corrected chi connectivity index (χ2v) is 10.9. The van der Waals surface area contributed by atoms with E-state index in [2.05, 4.69) is 10.3 Å². The molecule has 1 fully saturated rings. The molecule has 2 aliphatic heterocycles. The monoisotopic (exact) mass is 464 g/mol. The van der Waals surface area contributed by atoms with Gasteiger partial charge in [-0.1, -0.05) is 11.3 Å². The van der Waals surface area contributed by atoms with Crippen LogP contribution in [0.5, 0.6) is 0 Å². The normalized spacial score (nSPS) is 18.8. The van der Waals surface area contributed by atoms with E-state index in [4.69, 9.17) is 4.74 Å². The molecular weight excluding hydrogens is 440 g/mol. The van der Waals surface area contributed by atoms with Gasteiger partial charge in [0, 0.05) is 44.1 Å². The number of benzene rings is 1. The lowest BCUT2D eigenvalue weighted by molar-refractivity contribution is -0.124. The highest BCUT2D eigenvalue weighted by Gasteiger charge is 2.28. The van der Waals surface area contributed by atoms with Gasteiger partial charge in [-0.25, -0.2) is 17.7 Å². The Morgan fingerprint density at radius 3 is 2.65 bits per heavy atom. The molecular formula is C20H24N4O5S2. The summed E-state index contributed by atoms with van der Waals surface area (Å²) in [6.07, 6.45) is 1.78. The minimum absolute atomic E-state index is 0.143. The Balaban J connectivity index is 1.43. The van der Waals surface area contributed by atoms with Gasteiger partial charge in [-0.05, 0) is 37.1 Å². The number of nitrogens with zero attached hydrogens (tertiary/aromatic N) is 3. The minimum atomic E-state index is -3.54. The van der Waals surface area contributed by atoms with Gasteiger partial charge in [0.1, 0.15) is 6.10 Å². The molecule has 11 heteroatoms. The van der Waals surface area contributed by atoms with Crippen molar-refractivity contribution in [3.05, 3.63) is 40.4 Å². The van der Waals surface area contributed by atoms with E-state index in [9.17, 15) is 18.0 Å². The predicted molar refractivity (Wildman–Crippen MR) is 115 cm³/mol. The van der Waals surface area contributed by atoms with E-state index in [0.717, 1.165) is 21.3 Å². The van der Waals surface area contributed by atoms with Gasteiger partial charge < -0.3 is 9.64 Å². The minimum Gasteiger partial charge on any atom is -0.368 e. The molecule has 0 saturated carbocycles. The van der Waals surface area contributed by atoms with Gasteiger partial charge in [0.25, 0.3) is 11.8 Å². The quantitative estimate of drug-likeness (QED) is 0.722. The van der Waals surface area contributed by atoms with Crippen molar-refractivity contribution >= 4 is 38.3 Å². The lowest BCUT2D eigenvalue weighted by Gasteiger charge is -2.26. The lowest BCUT2D eigenvalue weighted by atomic mass is 10.1. The predicted octanol–water partition coefficient (Wildman–Crippen LogP) is 1.71. The van der Waals surface area contributed by atoms with Crippen LogP contribution in [0.3, 0.4) is 0 Å². The Kier molecular flexibility index (Phi) is 6.11. The third kappa shape index (κ3) is 4.49. The molecule has 2 aromatic rings. The van der Waals surface area contributed by atoms with Crippen LogP contribution in [-0.2, 0) is 32.5 Å². The SMILES string of the molecule is CN(C)S(=O)(=O)c1ccc(C(=O)N2CCc3nc(NC(=O)C4CCCO4)sc3C2)cc1. The number of aromatic nitrogens is 1. The summed E-state index contributed by atoms with van der Waals surface area (Å²) in [5.74, 6) is -0.345. The zero-order valence-corrected chi connectivity index (χ0v) is 19.0. The van der Waals surface area contributed by atoms with Crippen molar-refractivity contribution in [1.29, 1.82) is 0 Å². The Morgan fingerprint density at radius 1 is 1.26 bits per heavy atom. The van der Waals surface area contributed by atoms with Crippen LogP contribution >= 0.6 is 11.3 Å². The maximum absolute atomic E-state index is 12.9. The van der Waals surface area contributed by atoms with Gasteiger partial charge in [0.05, 0.1) is 17.1 Å². The molecule has 0 aliphatic carbocycles. The fraction of sp³-hybridized carbons (Fsp3) is 0.450. The molecule has 1 saturated heterocycles. The Bertz CT molecular complexity index is 1090. The van der Waals surface area contributed by atoms with Crippen molar-refractivity contribution in [2.75, 3.05) is 32.6 Å². The van der Waals surface area contributed by atoms with E-state index in [1.165, 1.54) is 49.7 Å². The van der Waals surface area contributed by atoms with Gasteiger partial charge in [-0.3, -0.25) is 14.9 Å². The van der Waals surface area contributed by atoms with Crippen molar-refractivity contribution in [3.8, 4) is 0 Å². The molecule has 3 heterocycles. The molecule has 1 unspecified atom stereocenters. The maximum Gasteiger partial charge on any atom is 0.255 e. The standard InChI is InChI=1S/C20H24N4O5S2/c1-23(2)31(27,28)14-7-5-13(6-8-14)19(26)24-10-9-15-17(12-24)30-20(21-15)22-18(25)16-4-3-11-29-16/h5-8,16H,3-4,9-12H2,1-2H3,(H,21,22,25). The number of thiazole rings is 1. The molecule has 31 heavy (non-hydrogen) atoms. The Labute approximate surface area is 185 Å². The lowest BCUT2D eigenvalue weighted by Crippen LogP contribution is -2.35. The van der Waals surface area contributed by atoms with Gasteiger partial charge in [0.15, 0.2) is 5.13 Å². The van der Waals surface area contributed by atoms with Crippen LogP contribution in [0.4, 0.5) is 5.13 Å². The van der Waals surface area contributed by atoms with Crippen LogP contribution in [0.1, 0.15) is 33.8 Å². The summed E-state index contributed by atoms with van der Waals surface area (Å²) in [6.45, 7) is 1.51. The summed E-state index contributed by atoms with van der Waals surface area (Å²) >= 11 is 1.37. The number of carbonyl (C=O) groups excluding carboxylic acids is 2. The molecule has 166 valence electrons. The van der Waals surface area contributed by atoms with E-state index in [-0.39, 0.29) is 16.7 Å². The molecule has 2 aliphatic rings. The third-order valence-corrected chi connectivity index (χ3v) is 8.18. The summed E-state index contributed by atoms with van der Waals surface area (Å²) in [5.41, 5.74) is 1.32. The molecule has 0 spiro atoms. The van der Waals surface area contributed by atoms with Crippen LogP contribution in [0.25, 0.3) is 0 Å². The van der Waals surface area contributed by atoms with Crippen molar-refractivity contribution in [3.63, 3.8) is 0 Å². The van der Waals surface area contributed by atoms with Crippen molar-refractivity contribution in [2.24, 2.45) is 0 Å². The largest absolute Gasteiger partial charge is 0.368 e. The molecule has 0 radical (unpaired) electrons. The number of nitrogens with one attached hydrogen (secondary N) is 1. The first-order valence-corrected chi connectivity index (χ1v) is 12.2. The number of rotatable bonds is 5. The maximum atomic E-state index is 12.9. The van der Waals surface area contributed by atoms with E-state index in [1.807, 2.05) is 0 Å². The third-order valence-electron chi connectivity index (χ3n) is 5.35. The Morgan fingerprint density at radius 2 is 2.00 bits per heavy atom. The van der Waals surface area contributed by atoms with Crippen molar-refractivity contribution < 1.29 is 22.7 Å². The van der Waals surface area contributed by atoms with Gasteiger partial charge in [0.2, 0.25) is 10.0 Å². The van der Waals surface area contributed by atoms with Gasteiger partial charge in [-0.2, -0.15) is 0 Å². The molecule has 2 amide bonds. The molecule has 9 nitrogen and oxygen atoms in total. The highest BCUT2D eigenvalue weighted by molar-refractivity contribution is 7.89. The highest BCUT2D eigenvalue weighted by Crippen LogP contribution is 2.29. The first kappa shape index (κ1) is 21.9. The molecule has 1 aromatic carbocycles. The molecule has 1 N–H and O–H groups in total. The van der Waals surface area contributed by atoms with Crippen LogP contribution in [0.15, 0.2) is 29.2 Å². The second kappa shape index (κ2) is 8.65. The van der Waals surface area contributed by atoms with Crippen LogP contribution < -0.4 is 5.32 Å². The Hall–Kier alpha value is -2.34. The molecule has 1 aromatic heterocycles. The van der Waals surface area contributed by atoms with Gasteiger partial charge >= 0.3 is 0 Å². The zero-order valence-electron chi connectivity index (χ0n) is 17.3. The van der Waals surface area contributed by atoms with E-state index in [0.29, 0.717) is 43.2 Å². The zero-order chi connectivity index (χ0) is 22.2. The number of anilines is 1. The number of amides is 2. The summed E-state index contributed by atoms with van der Waals surface area (Å²) in [5, 5.41) is 3.35. The van der Waals surface area contributed by atoms with Crippen molar-refractivity contribution in [2.45, 2.75) is 36.8 Å².